The molecule has 2 N–H and O–H groups in total. The van der Waals surface area contributed by atoms with Crippen LogP contribution in [-0.2, 0) is 12.7 Å². The SMILES string of the molecule is CC(C)NC(=O)c1cccc(C(=O)NCc2cnn(-c3ccc(F)c(C(F)(F)F)c3)c2)n1. The number of carbonyl (C=O) groups excluding carboxylic acids is 2. The summed E-state index contributed by atoms with van der Waals surface area (Å²) in [6, 6.07) is 6.90. The molecule has 1 aromatic carbocycles. The molecule has 2 heterocycles. The van der Waals surface area contributed by atoms with Crippen molar-refractivity contribution < 1.29 is 27.2 Å². The average Bonchev–Trinajstić information content (AvgIpc) is 3.20. The van der Waals surface area contributed by atoms with Crippen molar-refractivity contribution >= 4 is 11.8 Å². The van der Waals surface area contributed by atoms with Crippen molar-refractivity contribution in [2.45, 2.75) is 32.6 Å². The molecule has 7 nitrogen and oxygen atoms in total. The van der Waals surface area contributed by atoms with Crippen LogP contribution in [0.15, 0.2) is 48.8 Å². The summed E-state index contributed by atoms with van der Waals surface area (Å²) in [5.74, 6) is -2.33. The Labute approximate surface area is 180 Å². The Hall–Kier alpha value is -3.76. The fourth-order valence-electron chi connectivity index (χ4n) is 2.76. The predicted octanol–water partition coefficient (Wildman–Crippen LogP) is 3.49. The summed E-state index contributed by atoms with van der Waals surface area (Å²) in [6.07, 6.45) is -2.07. The molecular weight excluding hydrogens is 430 g/mol. The second-order valence-electron chi connectivity index (χ2n) is 7.17. The Bertz CT molecular complexity index is 1140. The summed E-state index contributed by atoms with van der Waals surface area (Å²) in [6.45, 7) is 3.60. The van der Waals surface area contributed by atoms with E-state index in [0.717, 1.165) is 16.8 Å². The van der Waals surface area contributed by atoms with Crippen molar-refractivity contribution in [2.24, 2.45) is 0 Å². The minimum Gasteiger partial charge on any atom is -0.349 e. The summed E-state index contributed by atoms with van der Waals surface area (Å²) in [5.41, 5.74) is -0.766. The fraction of sp³-hybridized carbons (Fsp3) is 0.238. The van der Waals surface area contributed by atoms with E-state index in [1.807, 2.05) is 0 Å². The molecule has 168 valence electrons. The third-order valence-corrected chi connectivity index (χ3v) is 4.24. The molecule has 0 bridgehead atoms. The number of pyridine rings is 1. The zero-order chi connectivity index (χ0) is 23.5. The van der Waals surface area contributed by atoms with Gasteiger partial charge in [-0.1, -0.05) is 6.07 Å². The maximum atomic E-state index is 13.5. The highest BCUT2D eigenvalue weighted by Crippen LogP contribution is 2.32. The molecule has 3 aromatic rings. The molecule has 2 aromatic heterocycles. The number of hydrogen-bond donors (Lipinski definition) is 2. The Morgan fingerprint density at radius 1 is 1.09 bits per heavy atom. The van der Waals surface area contributed by atoms with Crippen LogP contribution in [0, 0.1) is 5.82 Å². The number of halogens is 4. The first-order chi connectivity index (χ1) is 15.0. The molecule has 0 saturated heterocycles. The zero-order valence-corrected chi connectivity index (χ0v) is 17.1. The van der Waals surface area contributed by atoms with E-state index in [2.05, 4.69) is 20.7 Å². The molecule has 0 spiro atoms. The number of nitrogens with one attached hydrogen (secondary N) is 2. The van der Waals surface area contributed by atoms with Gasteiger partial charge in [-0.05, 0) is 44.2 Å². The Morgan fingerprint density at radius 2 is 1.78 bits per heavy atom. The van der Waals surface area contributed by atoms with Crippen molar-refractivity contribution in [1.29, 1.82) is 0 Å². The molecule has 0 fully saturated rings. The molecule has 0 aliphatic carbocycles. The first-order valence-electron chi connectivity index (χ1n) is 9.51. The van der Waals surface area contributed by atoms with Gasteiger partial charge in [0.05, 0.1) is 17.4 Å². The van der Waals surface area contributed by atoms with Crippen LogP contribution in [0.5, 0.6) is 0 Å². The molecule has 11 heteroatoms. The van der Waals surface area contributed by atoms with Gasteiger partial charge in [0, 0.05) is 24.3 Å². The second kappa shape index (κ2) is 9.16. The smallest absolute Gasteiger partial charge is 0.349 e. The number of alkyl halides is 3. The summed E-state index contributed by atoms with van der Waals surface area (Å²) in [4.78, 5) is 28.5. The molecule has 0 saturated carbocycles. The van der Waals surface area contributed by atoms with E-state index in [-0.39, 0.29) is 29.7 Å². The van der Waals surface area contributed by atoms with E-state index in [0.29, 0.717) is 11.6 Å². The fourth-order valence-corrected chi connectivity index (χ4v) is 2.76. The van der Waals surface area contributed by atoms with Crippen LogP contribution in [0.4, 0.5) is 17.6 Å². The van der Waals surface area contributed by atoms with Crippen LogP contribution >= 0.6 is 0 Å². The van der Waals surface area contributed by atoms with Crippen molar-refractivity contribution in [2.75, 3.05) is 0 Å². The lowest BCUT2D eigenvalue weighted by Crippen LogP contribution is -2.31. The van der Waals surface area contributed by atoms with Crippen LogP contribution in [0.25, 0.3) is 5.69 Å². The van der Waals surface area contributed by atoms with E-state index >= 15 is 0 Å². The minimum atomic E-state index is -4.84. The first kappa shape index (κ1) is 22.9. The van der Waals surface area contributed by atoms with Crippen molar-refractivity contribution in [3.63, 3.8) is 0 Å². The Kier molecular flexibility index (Phi) is 6.56. The monoisotopic (exact) mass is 449 g/mol. The summed E-state index contributed by atoms with van der Waals surface area (Å²) in [5, 5.41) is 9.25. The van der Waals surface area contributed by atoms with Gasteiger partial charge in [0.1, 0.15) is 17.2 Å². The molecule has 0 unspecified atom stereocenters. The maximum absolute atomic E-state index is 13.5. The highest BCUT2D eigenvalue weighted by atomic mass is 19.4. The van der Waals surface area contributed by atoms with Crippen LogP contribution < -0.4 is 10.6 Å². The van der Waals surface area contributed by atoms with Crippen LogP contribution in [0.3, 0.4) is 0 Å². The average molecular weight is 449 g/mol. The quantitative estimate of drug-likeness (QED) is 0.564. The van der Waals surface area contributed by atoms with Gasteiger partial charge in [-0.3, -0.25) is 9.59 Å². The highest BCUT2D eigenvalue weighted by molar-refractivity contribution is 5.96. The normalized spacial score (nSPS) is 11.5. The molecular formula is C21H19F4N5O2. The van der Waals surface area contributed by atoms with Gasteiger partial charge in [-0.2, -0.15) is 18.3 Å². The van der Waals surface area contributed by atoms with Gasteiger partial charge < -0.3 is 10.6 Å². The van der Waals surface area contributed by atoms with Gasteiger partial charge in [-0.25, -0.2) is 14.1 Å². The molecule has 32 heavy (non-hydrogen) atoms. The topological polar surface area (TPSA) is 88.9 Å². The predicted molar refractivity (Wildman–Crippen MR) is 107 cm³/mol. The lowest BCUT2D eigenvalue weighted by Gasteiger charge is -2.10. The van der Waals surface area contributed by atoms with Crippen LogP contribution in [0.2, 0.25) is 0 Å². The standard InChI is InChI=1S/C21H19F4N5O2/c1-12(2)28-20(32)18-5-3-4-17(29-18)19(31)26-9-13-10-27-30(11-13)14-6-7-16(22)15(8-14)21(23,24)25/h3-8,10-12H,9H2,1-2H3,(H,26,31)(H,28,32). The minimum absolute atomic E-state index is 0.0102. The molecule has 0 radical (unpaired) electrons. The molecule has 2 amide bonds. The number of hydrogen-bond acceptors (Lipinski definition) is 4. The van der Waals surface area contributed by atoms with Gasteiger partial charge in [0.25, 0.3) is 11.8 Å². The maximum Gasteiger partial charge on any atom is 0.419 e. The van der Waals surface area contributed by atoms with Gasteiger partial charge >= 0.3 is 6.18 Å². The number of benzene rings is 1. The Morgan fingerprint density at radius 3 is 2.44 bits per heavy atom. The van der Waals surface area contributed by atoms with Crippen molar-refractivity contribution in [3.8, 4) is 5.69 Å². The number of amides is 2. The number of aromatic nitrogens is 3. The van der Waals surface area contributed by atoms with Gasteiger partial charge in [0.2, 0.25) is 0 Å². The highest BCUT2D eigenvalue weighted by Gasteiger charge is 2.34. The van der Waals surface area contributed by atoms with Gasteiger partial charge in [-0.15, -0.1) is 0 Å². The van der Waals surface area contributed by atoms with Crippen LogP contribution in [-0.4, -0.2) is 32.6 Å². The molecule has 0 aliphatic heterocycles. The van der Waals surface area contributed by atoms with E-state index in [4.69, 9.17) is 0 Å². The summed E-state index contributed by atoms with van der Waals surface area (Å²) in [7, 11) is 0. The van der Waals surface area contributed by atoms with E-state index in [9.17, 15) is 27.2 Å². The summed E-state index contributed by atoms with van der Waals surface area (Å²) < 4.78 is 53.4. The van der Waals surface area contributed by atoms with Gasteiger partial charge in [0.15, 0.2) is 0 Å². The largest absolute Gasteiger partial charge is 0.419 e. The lowest BCUT2D eigenvalue weighted by molar-refractivity contribution is -0.140. The second-order valence-corrected chi connectivity index (χ2v) is 7.17. The number of carbonyl (C=O) groups is 2. The van der Waals surface area contributed by atoms with Crippen molar-refractivity contribution in [1.82, 2.24) is 25.4 Å². The molecule has 0 atom stereocenters. The van der Waals surface area contributed by atoms with Crippen molar-refractivity contribution in [3.05, 3.63) is 77.1 Å². The van der Waals surface area contributed by atoms with Crippen LogP contribution in [0.1, 0.15) is 46.0 Å². The molecule has 3 rings (SSSR count). The third kappa shape index (κ3) is 5.48. The zero-order valence-electron chi connectivity index (χ0n) is 17.1. The van der Waals surface area contributed by atoms with E-state index in [1.165, 1.54) is 30.6 Å². The molecule has 0 aliphatic rings. The van der Waals surface area contributed by atoms with E-state index in [1.54, 1.807) is 13.8 Å². The third-order valence-electron chi connectivity index (χ3n) is 4.24. The first-order valence-corrected chi connectivity index (χ1v) is 9.51. The van der Waals surface area contributed by atoms with E-state index < -0.39 is 29.4 Å². The number of rotatable bonds is 6. The Balaban J connectivity index is 1.68. The number of nitrogens with zero attached hydrogens (tertiary/aromatic N) is 3. The summed E-state index contributed by atoms with van der Waals surface area (Å²) >= 11 is 0. The lowest BCUT2D eigenvalue weighted by atomic mass is 10.2.